The molecule has 0 aliphatic carbocycles. The Morgan fingerprint density at radius 3 is 2.36 bits per heavy atom. The van der Waals surface area contributed by atoms with E-state index in [2.05, 4.69) is 10.3 Å². The first-order chi connectivity index (χ1) is 10.5. The number of hydrogen-bond donors (Lipinski definition) is 2. The van der Waals surface area contributed by atoms with Crippen LogP contribution in [0.1, 0.15) is 22.7 Å². The predicted octanol–water partition coefficient (Wildman–Crippen LogP) is 3.16. The number of phenols is 1. The van der Waals surface area contributed by atoms with Crippen LogP contribution in [-0.2, 0) is 0 Å². The Bertz CT molecular complexity index is 824. The molecule has 0 saturated heterocycles. The van der Waals surface area contributed by atoms with Crippen LogP contribution in [0, 0.1) is 26.2 Å². The first kappa shape index (κ1) is 14.1. The molecule has 0 aliphatic rings. The van der Waals surface area contributed by atoms with Crippen molar-refractivity contribution in [1.82, 2.24) is 14.9 Å². The van der Waals surface area contributed by atoms with E-state index in [1.54, 1.807) is 28.9 Å². The van der Waals surface area contributed by atoms with E-state index in [0.29, 0.717) is 5.76 Å². The molecule has 0 radical (unpaired) electrons. The molecule has 0 unspecified atom stereocenters. The SMILES string of the molecule is Cc1nn(-c2ccc(O)cc2)c(-c2c(C)noc2C)c1C=N. The molecular weight excluding hydrogens is 280 g/mol. The van der Waals surface area contributed by atoms with E-state index >= 15 is 0 Å². The van der Waals surface area contributed by atoms with Gasteiger partial charge in [0.25, 0.3) is 0 Å². The molecule has 6 heteroatoms. The van der Waals surface area contributed by atoms with Gasteiger partial charge in [0.1, 0.15) is 11.5 Å². The number of phenolic OH excluding ortho intramolecular Hbond substituents is 1. The number of aromatic nitrogens is 3. The average Bonchev–Trinajstić information content (AvgIpc) is 2.99. The van der Waals surface area contributed by atoms with Crippen LogP contribution in [0.5, 0.6) is 5.75 Å². The Morgan fingerprint density at radius 2 is 1.82 bits per heavy atom. The largest absolute Gasteiger partial charge is 0.508 e. The minimum Gasteiger partial charge on any atom is -0.508 e. The van der Waals surface area contributed by atoms with Crippen LogP contribution < -0.4 is 0 Å². The van der Waals surface area contributed by atoms with Crippen molar-refractivity contribution >= 4 is 6.21 Å². The minimum atomic E-state index is 0.193. The van der Waals surface area contributed by atoms with E-state index in [0.717, 1.165) is 33.9 Å². The van der Waals surface area contributed by atoms with Gasteiger partial charge in [-0.15, -0.1) is 0 Å². The molecule has 0 bridgehead atoms. The van der Waals surface area contributed by atoms with Gasteiger partial charge in [-0.25, -0.2) is 4.68 Å². The number of aromatic hydroxyl groups is 1. The Labute approximate surface area is 127 Å². The molecule has 3 aromatic rings. The second-order valence-electron chi connectivity index (χ2n) is 5.12. The quantitative estimate of drug-likeness (QED) is 0.727. The summed E-state index contributed by atoms with van der Waals surface area (Å²) in [7, 11) is 0. The highest BCUT2D eigenvalue weighted by Gasteiger charge is 2.22. The van der Waals surface area contributed by atoms with E-state index in [1.165, 1.54) is 6.21 Å². The molecule has 0 atom stereocenters. The van der Waals surface area contributed by atoms with Crippen LogP contribution in [0.4, 0.5) is 0 Å². The summed E-state index contributed by atoms with van der Waals surface area (Å²) in [5, 5.41) is 25.7. The molecule has 0 spiro atoms. The molecule has 6 nitrogen and oxygen atoms in total. The molecule has 2 aromatic heterocycles. The van der Waals surface area contributed by atoms with E-state index in [4.69, 9.17) is 9.93 Å². The lowest BCUT2D eigenvalue weighted by Crippen LogP contribution is -2.01. The normalized spacial score (nSPS) is 10.9. The summed E-state index contributed by atoms with van der Waals surface area (Å²) in [4.78, 5) is 0. The highest BCUT2D eigenvalue weighted by molar-refractivity contribution is 5.90. The standard InChI is InChI=1S/C16H16N4O2/c1-9-14(8-17)16(15-10(2)19-22-11(15)3)20(18-9)12-4-6-13(21)7-5-12/h4-8,17,21H,1-3H3. The van der Waals surface area contributed by atoms with Crippen molar-refractivity contribution in [2.24, 2.45) is 0 Å². The molecule has 0 amide bonds. The molecule has 1 aromatic carbocycles. The van der Waals surface area contributed by atoms with E-state index in [9.17, 15) is 5.11 Å². The zero-order valence-electron chi connectivity index (χ0n) is 12.6. The maximum Gasteiger partial charge on any atom is 0.143 e. The Hall–Kier alpha value is -2.89. The van der Waals surface area contributed by atoms with Gasteiger partial charge in [0.15, 0.2) is 0 Å². The maximum absolute atomic E-state index is 9.46. The van der Waals surface area contributed by atoms with Crippen molar-refractivity contribution in [3.8, 4) is 22.7 Å². The van der Waals surface area contributed by atoms with Gasteiger partial charge in [0, 0.05) is 11.8 Å². The first-order valence-electron chi connectivity index (χ1n) is 6.85. The Kier molecular flexibility index (Phi) is 3.29. The fraction of sp³-hybridized carbons (Fsp3) is 0.188. The summed E-state index contributed by atoms with van der Waals surface area (Å²) in [6.07, 6.45) is 1.29. The van der Waals surface area contributed by atoms with E-state index in [1.807, 2.05) is 20.8 Å². The van der Waals surface area contributed by atoms with E-state index in [-0.39, 0.29) is 5.75 Å². The molecule has 2 N–H and O–H groups in total. The van der Waals surface area contributed by atoms with Crippen molar-refractivity contribution < 1.29 is 9.63 Å². The van der Waals surface area contributed by atoms with Gasteiger partial charge in [0.2, 0.25) is 0 Å². The molecule has 0 saturated carbocycles. The molecular formula is C16H16N4O2. The topological polar surface area (TPSA) is 87.9 Å². The number of nitrogens with one attached hydrogen (secondary N) is 1. The minimum absolute atomic E-state index is 0.193. The number of rotatable bonds is 3. The second-order valence-corrected chi connectivity index (χ2v) is 5.12. The van der Waals surface area contributed by atoms with Crippen LogP contribution in [0.15, 0.2) is 28.8 Å². The average molecular weight is 296 g/mol. The summed E-state index contributed by atoms with van der Waals surface area (Å²) in [5.74, 6) is 0.874. The highest BCUT2D eigenvalue weighted by atomic mass is 16.5. The smallest absolute Gasteiger partial charge is 0.143 e. The predicted molar refractivity (Wildman–Crippen MR) is 82.8 cm³/mol. The first-order valence-corrected chi connectivity index (χ1v) is 6.85. The van der Waals surface area contributed by atoms with Gasteiger partial charge in [-0.05, 0) is 45.0 Å². The molecule has 3 rings (SSSR count). The van der Waals surface area contributed by atoms with Crippen molar-refractivity contribution in [2.45, 2.75) is 20.8 Å². The molecule has 22 heavy (non-hydrogen) atoms. The number of aryl methyl sites for hydroxylation is 3. The number of nitrogens with zero attached hydrogens (tertiary/aromatic N) is 3. The van der Waals surface area contributed by atoms with Crippen LogP contribution in [0.25, 0.3) is 16.9 Å². The van der Waals surface area contributed by atoms with E-state index < -0.39 is 0 Å². The Morgan fingerprint density at radius 1 is 1.14 bits per heavy atom. The summed E-state index contributed by atoms with van der Waals surface area (Å²) in [6.45, 7) is 5.56. The van der Waals surface area contributed by atoms with Gasteiger partial charge in [-0.3, -0.25) is 0 Å². The second kappa shape index (κ2) is 5.14. The zero-order valence-corrected chi connectivity index (χ0v) is 12.6. The van der Waals surface area contributed by atoms with Crippen molar-refractivity contribution in [2.75, 3.05) is 0 Å². The van der Waals surface area contributed by atoms with Crippen LogP contribution in [-0.4, -0.2) is 26.3 Å². The van der Waals surface area contributed by atoms with Crippen molar-refractivity contribution in [1.29, 1.82) is 5.41 Å². The van der Waals surface area contributed by atoms with Gasteiger partial charge < -0.3 is 15.0 Å². The summed E-state index contributed by atoms with van der Waals surface area (Å²) in [5.41, 5.74) is 4.63. The molecule has 0 aliphatic heterocycles. The Balaban J connectivity index is 2.33. The monoisotopic (exact) mass is 296 g/mol. The van der Waals surface area contributed by atoms with Crippen LogP contribution >= 0.6 is 0 Å². The van der Waals surface area contributed by atoms with Gasteiger partial charge in [-0.2, -0.15) is 5.10 Å². The lowest BCUT2D eigenvalue weighted by atomic mass is 10.0. The molecule has 0 fully saturated rings. The number of benzene rings is 1. The summed E-state index contributed by atoms with van der Waals surface area (Å²) < 4.78 is 7.01. The zero-order chi connectivity index (χ0) is 15.9. The van der Waals surface area contributed by atoms with Gasteiger partial charge in [0.05, 0.1) is 28.3 Å². The van der Waals surface area contributed by atoms with Gasteiger partial charge in [-0.1, -0.05) is 5.16 Å². The third-order valence-corrected chi connectivity index (χ3v) is 3.62. The van der Waals surface area contributed by atoms with Crippen LogP contribution in [0.2, 0.25) is 0 Å². The number of hydrogen-bond acceptors (Lipinski definition) is 5. The van der Waals surface area contributed by atoms with Crippen LogP contribution in [0.3, 0.4) is 0 Å². The lowest BCUT2D eigenvalue weighted by molar-refractivity contribution is 0.393. The maximum atomic E-state index is 9.46. The summed E-state index contributed by atoms with van der Waals surface area (Å²) >= 11 is 0. The molecule has 112 valence electrons. The highest BCUT2D eigenvalue weighted by Crippen LogP contribution is 2.33. The fourth-order valence-electron chi connectivity index (χ4n) is 2.55. The van der Waals surface area contributed by atoms with Crippen molar-refractivity contribution in [3.63, 3.8) is 0 Å². The summed E-state index contributed by atoms with van der Waals surface area (Å²) in [6, 6.07) is 6.76. The fourth-order valence-corrected chi connectivity index (χ4v) is 2.55. The van der Waals surface area contributed by atoms with Crippen molar-refractivity contribution in [3.05, 3.63) is 47.0 Å². The third kappa shape index (κ3) is 2.09. The third-order valence-electron chi connectivity index (χ3n) is 3.62. The van der Waals surface area contributed by atoms with Gasteiger partial charge >= 0.3 is 0 Å². The lowest BCUT2D eigenvalue weighted by Gasteiger charge is -2.08. The molecule has 2 heterocycles.